The number of aliphatic imine (C=N–C) groups is 1. The highest BCUT2D eigenvalue weighted by Gasteiger charge is 2.21. The van der Waals surface area contributed by atoms with Crippen LogP contribution >= 0.6 is 0 Å². The molecule has 2 N–H and O–H groups in total. The van der Waals surface area contributed by atoms with Crippen LogP contribution in [0.4, 0.5) is 10.6 Å². The van der Waals surface area contributed by atoms with Gasteiger partial charge >= 0.3 is 12.1 Å². The van der Waals surface area contributed by atoms with Crippen LogP contribution in [0.1, 0.15) is 71.7 Å². The summed E-state index contributed by atoms with van der Waals surface area (Å²) in [4.78, 5) is 31.3. The van der Waals surface area contributed by atoms with Crippen LogP contribution in [0.25, 0.3) is 0 Å². The number of hydrogen-bond donors (Lipinski definition) is 2. The molecule has 26 heavy (non-hydrogen) atoms. The monoisotopic (exact) mass is 365 g/mol. The van der Waals surface area contributed by atoms with E-state index in [9.17, 15) is 9.59 Å². The number of amides is 1. The van der Waals surface area contributed by atoms with E-state index >= 15 is 0 Å². The van der Waals surface area contributed by atoms with Crippen LogP contribution in [0.15, 0.2) is 23.3 Å². The fraction of sp³-hybridized carbons (Fsp3) is 0.579. The van der Waals surface area contributed by atoms with Crippen LogP contribution < -0.4 is 5.32 Å². The third-order valence-corrected chi connectivity index (χ3v) is 3.12. The van der Waals surface area contributed by atoms with E-state index in [-0.39, 0.29) is 11.6 Å². The standard InChI is InChI=1S/C17H25N3O4.C2H6/c1-6-12(13(7-2)20-16(23)24-17(3,4)5)19-14-9-8-11(10-18-14)15(21)22;1-2/h8-10,13H,6-7H2,1-5H3,(H,20,23)(H,21,22);1-2H3. The van der Waals surface area contributed by atoms with Gasteiger partial charge in [0.1, 0.15) is 5.60 Å². The van der Waals surface area contributed by atoms with Crippen molar-refractivity contribution in [3.05, 3.63) is 23.9 Å². The highest BCUT2D eigenvalue weighted by atomic mass is 16.6. The maximum absolute atomic E-state index is 12.0. The SMILES string of the molecule is CC.CCC(=Nc1ccc(C(=O)O)cn1)C(CC)NC(=O)OC(C)(C)C. The van der Waals surface area contributed by atoms with Gasteiger partial charge in [-0.1, -0.05) is 27.7 Å². The first-order chi connectivity index (χ1) is 12.2. The number of carboxylic acids is 1. The van der Waals surface area contributed by atoms with Crippen molar-refractivity contribution in [3.8, 4) is 0 Å². The van der Waals surface area contributed by atoms with Crippen molar-refractivity contribution < 1.29 is 19.4 Å². The molecule has 146 valence electrons. The van der Waals surface area contributed by atoms with Crippen molar-refractivity contribution in [2.75, 3.05) is 0 Å². The predicted octanol–water partition coefficient (Wildman–Crippen LogP) is 4.59. The van der Waals surface area contributed by atoms with Crippen molar-refractivity contribution >= 4 is 23.6 Å². The number of ether oxygens (including phenoxy) is 1. The lowest BCUT2D eigenvalue weighted by Crippen LogP contribution is -2.43. The van der Waals surface area contributed by atoms with E-state index in [2.05, 4.69) is 15.3 Å². The average molecular weight is 365 g/mol. The minimum Gasteiger partial charge on any atom is -0.478 e. The number of carbonyl (C=O) groups excluding carboxylic acids is 1. The Hall–Kier alpha value is -2.44. The topological polar surface area (TPSA) is 101 Å². The number of alkyl carbamates (subject to hydrolysis) is 1. The molecule has 1 heterocycles. The minimum atomic E-state index is -1.04. The first kappa shape index (κ1) is 23.6. The van der Waals surface area contributed by atoms with Crippen molar-refractivity contribution in [3.63, 3.8) is 0 Å². The van der Waals surface area contributed by atoms with E-state index in [1.54, 1.807) is 26.8 Å². The van der Waals surface area contributed by atoms with E-state index in [0.29, 0.717) is 18.7 Å². The molecule has 7 heteroatoms. The van der Waals surface area contributed by atoms with Crippen LogP contribution in [0, 0.1) is 0 Å². The number of nitrogens with one attached hydrogen (secondary N) is 1. The number of carboxylic acid groups (broad SMARTS) is 1. The Morgan fingerprint density at radius 2 is 1.88 bits per heavy atom. The summed E-state index contributed by atoms with van der Waals surface area (Å²) >= 11 is 0. The number of carbonyl (C=O) groups is 2. The first-order valence-electron chi connectivity index (χ1n) is 8.92. The molecule has 7 nitrogen and oxygen atoms in total. The normalized spacial score (nSPS) is 12.5. The van der Waals surface area contributed by atoms with Crippen LogP contribution in [0.3, 0.4) is 0 Å². The maximum Gasteiger partial charge on any atom is 0.408 e. The third kappa shape index (κ3) is 8.60. The van der Waals surface area contributed by atoms with E-state index in [1.165, 1.54) is 12.3 Å². The number of hydrogen-bond acceptors (Lipinski definition) is 5. The van der Waals surface area contributed by atoms with Crippen molar-refractivity contribution in [1.82, 2.24) is 10.3 Å². The van der Waals surface area contributed by atoms with Gasteiger partial charge in [-0.05, 0) is 45.7 Å². The molecule has 0 aromatic carbocycles. The molecule has 0 aliphatic carbocycles. The van der Waals surface area contributed by atoms with Crippen LogP contribution in [0.5, 0.6) is 0 Å². The van der Waals surface area contributed by atoms with E-state index in [0.717, 1.165) is 5.71 Å². The molecular formula is C19H31N3O4. The van der Waals surface area contributed by atoms with Gasteiger partial charge < -0.3 is 15.2 Å². The van der Waals surface area contributed by atoms with Gasteiger partial charge in [-0.3, -0.25) is 0 Å². The van der Waals surface area contributed by atoms with Crippen LogP contribution in [0.2, 0.25) is 0 Å². The molecule has 1 amide bonds. The Bertz CT molecular complexity index is 604. The minimum absolute atomic E-state index is 0.103. The Kier molecular flexibility index (Phi) is 10.2. The molecule has 0 spiro atoms. The summed E-state index contributed by atoms with van der Waals surface area (Å²) in [5.41, 5.74) is 0.282. The summed E-state index contributed by atoms with van der Waals surface area (Å²) in [5, 5.41) is 11.7. The van der Waals surface area contributed by atoms with Gasteiger partial charge in [0, 0.05) is 11.9 Å². The second-order valence-electron chi connectivity index (χ2n) is 6.27. The summed E-state index contributed by atoms with van der Waals surface area (Å²) in [6.07, 6.45) is 2.04. The molecule has 0 saturated carbocycles. The number of aromatic nitrogens is 1. The van der Waals surface area contributed by atoms with Gasteiger partial charge in [-0.15, -0.1) is 0 Å². The molecule has 0 radical (unpaired) electrons. The van der Waals surface area contributed by atoms with Gasteiger partial charge in [0.15, 0.2) is 5.82 Å². The number of rotatable bonds is 6. The van der Waals surface area contributed by atoms with Gasteiger partial charge in [-0.2, -0.15) is 0 Å². The zero-order valence-corrected chi connectivity index (χ0v) is 16.8. The summed E-state index contributed by atoms with van der Waals surface area (Å²) < 4.78 is 5.27. The second-order valence-corrected chi connectivity index (χ2v) is 6.27. The maximum atomic E-state index is 12.0. The summed E-state index contributed by atoms with van der Waals surface area (Å²) in [6.45, 7) is 13.3. The predicted molar refractivity (Wildman–Crippen MR) is 103 cm³/mol. The van der Waals surface area contributed by atoms with Crippen molar-refractivity contribution in [2.45, 2.75) is 73.0 Å². The van der Waals surface area contributed by atoms with Gasteiger partial charge in [0.05, 0.1) is 11.6 Å². The molecule has 1 atom stereocenters. The summed E-state index contributed by atoms with van der Waals surface area (Å²) in [7, 11) is 0. The lowest BCUT2D eigenvalue weighted by molar-refractivity contribution is 0.0516. The van der Waals surface area contributed by atoms with E-state index in [4.69, 9.17) is 9.84 Å². The third-order valence-electron chi connectivity index (χ3n) is 3.12. The van der Waals surface area contributed by atoms with E-state index in [1.807, 2.05) is 27.7 Å². The van der Waals surface area contributed by atoms with Gasteiger partial charge in [0.2, 0.25) is 0 Å². The number of nitrogens with zero attached hydrogens (tertiary/aromatic N) is 2. The summed E-state index contributed by atoms with van der Waals surface area (Å²) in [6, 6.07) is 2.72. The molecule has 0 bridgehead atoms. The molecule has 0 saturated heterocycles. The van der Waals surface area contributed by atoms with E-state index < -0.39 is 17.7 Å². The van der Waals surface area contributed by atoms with Crippen molar-refractivity contribution in [1.29, 1.82) is 0 Å². The molecular weight excluding hydrogens is 334 g/mol. The lowest BCUT2D eigenvalue weighted by Gasteiger charge is -2.23. The van der Waals surface area contributed by atoms with Crippen LogP contribution in [-0.4, -0.2) is 39.5 Å². The first-order valence-corrected chi connectivity index (χ1v) is 8.92. The van der Waals surface area contributed by atoms with Gasteiger partial charge in [-0.25, -0.2) is 19.6 Å². The Morgan fingerprint density at radius 1 is 1.27 bits per heavy atom. The molecule has 1 aromatic heterocycles. The zero-order chi connectivity index (χ0) is 20.3. The molecule has 1 rings (SSSR count). The molecule has 0 fully saturated rings. The Labute approximate surface area is 155 Å². The molecule has 1 unspecified atom stereocenters. The number of aromatic carboxylic acids is 1. The second kappa shape index (κ2) is 11.2. The van der Waals surface area contributed by atoms with Crippen LogP contribution in [-0.2, 0) is 4.74 Å². The fourth-order valence-corrected chi connectivity index (χ4v) is 2.00. The summed E-state index contributed by atoms with van der Waals surface area (Å²) in [5.74, 6) is -0.631. The molecule has 0 aliphatic rings. The smallest absolute Gasteiger partial charge is 0.408 e. The highest BCUT2D eigenvalue weighted by Crippen LogP contribution is 2.13. The Morgan fingerprint density at radius 3 is 2.27 bits per heavy atom. The quantitative estimate of drug-likeness (QED) is 0.718. The van der Waals surface area contributed by atoms with Gasteiger partial charge in [0.25, 0.3) is 0 Å². The fourth-order valence-electron chi connectivity index (χ4n) is 2.00. The zero-order valence-electron chi connectivity index (χ0n) is 16.8. The highest BCUT2D eigenvalue weighted by molar-refractivity contribution is 5.93. The molecule has 0 aliphatic heterocycles. The number of pyridine rings is 1. The van der Waals surface area contributed by atoms with Crippen molar-refractivity contribution in [2.24, 2.45) is 4.99 Å². The molecule has 1 aromatic rings. The lowest BCUT2D eigenvalue weighted by atomic mass is 10.1. The largest absolute Gasteiger partial charge is 0.478 e. The Balaban J connectivity index is 0.00000301. The average Bonchev–Trinajstić information content (AvgIpc) is 2.58.